The van der Waals surface area contributed by atoms with Gasteiger partial charge in [0.2, 0.25) is 0 Å². The molecular formula is C18H25N7OS. The maximum Gasteiger partial charge on any atom is 0.192 e. The van der Waals surface area contributed by atoms with E-state index < -0.39 is 0 Å². The van der Waals surface area contributed by atoms with Gasteiger partial charge in [-0.15, -0.1) is 21.5 Å². The van der Waals surface area contributed by atoms with Crippen molar-refractivity contribution in [3.05, 3.63) is 51.6 Å². The number of rotatable bonds is 7. The zero-order valence-corrected chi connectivity index (χ0v) is 16.9. The van der Waals surface area contributed by atoms with E-state index in [2.05, 4.69) is 56.3 Å². The van der Waals surface area contributed by atoms with Gasteiger partial charge in [0.15, 0.2) is 17.5 Å². The fourth-order valence-corrected chi connectivity index (χ4v) is 3.00. The summed E-state index contributed by atoms with van der Waals surface area (Å²) < 4.78 is 7.33. The number of nitrogens with one attached hydrogen (secondary N) is 2. The van der Waals surface area contributed by atoms with Crippen LogP contribution in [0.2, 0.25) is 0 Å². The van der Waals surface area contributed by atoms with E-state index in [1.54, 1.807) is 11.3 Å². The van der Waals surface area contributed by atoms with Gasteiger partial charge in [0, 0.05) is 18.0 Å². The van der Waals surface area contributed by atoms with Crippen LogP contribution in [-0.2, 0) is 26.7 Å². The molecule has 0 saturated carbocycles. The first-order valence-electron chi connectivity index (χ1n) is 8.88. The number of aryl methyl sites for hydroxylation is 1. The highest BCUT2D eigenvalue weighted by Gasteiger charge is 2.09. The summed E-state index contributed by atoms with van der Waals surface area (Å²) in [6.45, 7) is 7.75. The highest BCUT2D eigenvalue weighted by Crippen LogP contribution is 2.13. The molecule has 9 heteroatoms. The predicted molar refractivity (Wildman–Crippen MR) is 105 cm³/mol. The van der Waals surface area contributed by atoms with Crippen molar-refractivity contribution in [1.82, 2.24) is 30.6 Å². The van der Waals surface area contributed by atoms with Gasteiger partial charge in [-0.2, -0.15) is 0 Å². The molecule has 0 aliphatic rings. The Morgan fingerprint density at radius 1 is 1.30 bits per heavy atom. The molecule has 0 amide bonds. The number of aliphatic imine (C=N–C) groups is 1. The molecule has 144 valence electrons. The number of guanidine groups is 1. The van der Waals surface area contributed by atoms with E-state index in [-0.39, 0.29) is 0 Å². The number of aromatic nitrogens is 4. The molecule has 3 rings (SSSR count). The van der Waals surface area contributed by atoms with Crippen molar-refractivity contribution in [3.8, 4) is 0 Å². The Hall–Kier alpha value is -2.68. The third-order valence-electron chi connectivity index (χ3n) is 4.17. The smallest absolute Gasteiger partial charge is 0.192 e. The molecule has 0 aromatic carbocycles. The molecule has 0 fully saturated rings. The topological polar surface area (TPSA) is 93.2 Å². The number of hydrogen-bond donors (Lipinski definition) is 2. The van der Waals surface area contributed by atoms with Gasteiger partial charge in [-0.3, -0.25) is 0 Å². The monoisotopic (exact) mass is 387 g/mol. The lowest BCUT2D eigenvalue weighted by atomic mass is 10.1. The Labute approximate surface area is 162 Å². The normalized spacial score (nSPS) is 12.0. The highest BCUT2D eigenvalue weighted by molar-refractivity contribution is 7.09. The number of thiophene rings is 1. The van der Waals surface area contributed by atoms with Crippen LogP contribution in [0.25, 0.3) is 0 Å². The lowest BCUT2D eigenvalue weighted by Gasteiger charge is -2.11. The van der Waals surface area contributed by atoms with E-state index in [4.69, 9.17) is 4.52 Å². The molecule has 2 N–H and O–H groups in total. The van der Waals surface area contributed by atoms with Crippen LogP contribution >= 0.6 is 11.3 Å². The second-order valence-electron chi connectivity index (χ2n) is 6.55. The summed E-state index contributed by atoms with van der Waals surface area (Å²) in [4.78, 5) is 5.88. The molecule has 0 spiro atoms. The van der Waals surface area contributed by atoms with E-state index in [0.717, 1.165) is 23.1 Å². The van der Waals surface area contributed by atoms with Gasteiger partial charge in [-0.25, -0.2) is 4.99 Å². The van der Waals surface area contributed by atoms with Crippen molar-refractivity contribution in [1.29, 1.82) is 0 Å². The van der Waals surface area contributed by atoms with Crippen molar-refractivity contribution in [3.63, 3.8) is 0 Å². The molecule has 0 bridgehead atoms. The molecule has 0 unspecified atom stereocenters. The summed E-state index contributed by atoms with van der Waals surface area (Å²) in [5.41, 5.74) is 0.950. The summed E-state index contributed by atoms with van der Waals surface area (Å²) in [5, 5.41) is 21.0. The molecule has 0 saturated heterocycles. The van der Waals surface area contributed by atoms with Crippen LogP contribution in [0, 0.1) is 6.92 Å². The molecule has 27 heavy (non-hydrogen) atoms. The zero-order chi connectivity index (χ0) is 19.2. The van der Waals surface area contributed by atoms with Crippen molar-refractivity contribution in [2.75, 3.05) is 0 Å². The average molecular weight is 388 g/mol. The Kier molecular flexibility index (Phi) is 6.23. The van der Waals surface area contributed by atoms with Gasteiger partial charge < -0.3 is 19.7 Å². The molecule has 3 aromatic rings. The number of nitrogens with zero attached hydrogens (tertiary/aromatic N) is 5. The molecule has 0 atom stereocenters. The van der Waals surface area contributed by atoms with Crippen LogP contribution < -0.4 is 10.6 Å². The van der Waals surface area contributed by atoms with Crippen molar-refractivity contribution in [2.24, 2.45) is 12.0 Å². The predicted octanol–water partition coefficient (Wildman–Crippen LogP) is 2.73. The SMILES string of the molecule is Cc1nnc(CN=C(NCc2cc(C(C)C)no2)NCc2cccs2)n1C. The van der Waals surface area contributed by atoms with E-state index in [9.17, 15) is 0 Å². The van der Waals surface area contributed by atoms with Crippen LogP contribution in [0.5, 0.6) is 0 Å². The maximum absolute atomic E-state index is 5.39. The Bertz CT molecular complexity index is 880. The summed E-state index contributed by atoms with van der Waals surface area (Å²) >= 11 is 1.71. The second-order valence-corrected chi connectivity index (χ2v) is 7.58. The summed E-state index contributed by atoms with van der Waals surface area (Å²) in [7, 11) is 1.94. The third-order valence-corrected chi connectivity index (χ3v) is 5.05. The zero-order valence-electron chi connectivity index (χ0n) is 16.1. The fourth-order valence-electron chi connectivity index (χ4n) is 2.35. The molecule has 3 heterocycles. The largest absolute Gasteiger partial charge is 0.359 e. The van der Waals surface area contributed by atoms with E-state index in [1.807, 2.05) is 30.7 Å². The lowest BCUT2D eigenvalue weighted by Crippen LogP contribution is -2.36. The average Bonchev–Trinajstić information content (AvgIpc) is 3.38. The highest BCUT2D eigenvalue weighted by atomic mass is 32.1. The van der Waals surface area contributed by atoms with Gasteiger partial charge in [0.1, 0.15) is 12.4 Å². The quantitative estimate of drug-likeness (QED) is 0.478. The first-order chi connectivity index (χ1) is 13.0. The summed E-state index contributed by atoms with van der Waals surface area (Å²) in [5.74, 6) is 3.48. The molecule has 0 aliphatic heterocycles. The van der Waals surface area contributed by atoms with E-state index in [0.29, 0.717) is 31.5 Å². The number of hydrogen-bond acceptors (Lipinski definition) is 6. The standard InChI is InChI=1S/C18H25N7OS/c1-12(2)16-8-14(26-24-16)9-19-18(20-10-15-6-5-7-27-15)21-11-17-23-22-13(3)25(17)4/h5-8,12H,9-11H2,1-4H3,(H2,19,20,21). The lowest BCUT2D eigenvalue weighted by molar-refractivity contribution is 0.372. The van der Waals surface area contributed by atoms with Gasteiger partial charge in [0.05, 0.1) is 18.8 Å². The van der Waals surface area contributed by atoms with Gasteiger partial charge >= 0.3 is 0 Å². The minimum atomic E-state index is 0.340. The molecule has 8 nitrogen and oxygen atoms in total. The van der Waals surface area contributed by atoms with Crippen LogP contribution in [0.3, 0.4) is 0 Å². The summed E-state index contributed by atoms with van der Waals surface area (Å²) in [6.07, 6.45) is 0. The van der Waals surface area contributed by atoms with E-state index in [1.165, 1.54) is 4.88 Å². The Morgan fingerprint density at radius 2 is 2.11 bits per heavy atom. The molecular weight excluding hydrogens is 362 g/mol. The molecule has 0 aliphatic carbocycles. The van der Waals surface area contributed by atoms with Crippen molar-refractivity contribution < 1.29 is 4.52 Å². The van der Waals surface area contributed by atoms with E-state index >= 15 is 0 Å². The minimum Gasteiger partial charge on any atom is -0.359 e. The Morgan fingerprint density at radius 3 is 2.74 bits per heavy atom. The van der Waals surface area contributed by atoms with Crippen LogP contribution in [-0.4, -0.2) is 25.9 Å². The van der Waals surface area contributed by atoms with Gasteiger partial charge in [-0.1, -0.05) is 25.1 Å². The van der Waals surface area contributed by atoms with Gasteiger partial charge in [-0.05, 0) is 24.3 Å². The fraction of sp³-hybridized carbons (Fsp3) is 0.444. The Balaban J connectivity index is 1.65. The summed E-state index contributed by atoms with van der Waals surface area (Å²) in [6, 6.07) is 6.10. The van der Waals surface area contributed by atoms with Crippen molar-refractivity contribution >= 4 is 17.3 Å². The third kappa shape index (κ3) is 5.16. The molecule has 3 aromatic heterocycles. The minimum absolute atomic E-state index is 0.340. The van der Waals surface area contributed by atoms with Crippen molar-refractivity contribution in [2.45, 2.75) is 46.3 Å². The van der Waals surface area contributed by atoms with Gasteiger partial charge in [0.25, 0.3) is 0 Å². The first-order valence-corrected chi connectivity index (χ1v) is 9.76. The molecule has 0 radical (unpaired) electrons. The van der Waals surface area contributed by atoms with Crippen LogP contribution in [0.15, 0.2) is 33.1 Å². The first kappa shape index (κ1) is 19.1. The maximum atomic E-state index is 5.39. The second kappa shape index (κ2) is 8.81. The van der Waals surface area contributed by atoms with Crippen LogP contribution in [0.4, 0.5) is 0 Å². The van der Waals surface area contributed by atoms with Crippen LogP contribution in [0.1, 0.15) is 47.7 Å².